The van der Waals surface area contributed by atoms with Crippen LogP contribution >= 0.6 is 0 Å². The predicted octanol–water partition coefficient (Wildman–Crippen LogP) is 2.86. The Bertz CT molecular complexity index is 638. The summed E-state index contributed by atoms with van der Waals surface area (Å²) in [5.41, 5.74) is 0.393. The molecule has 102 valence electrons. The summed E-state index contributed by atoms with van der Waals surface area (Å²) in [6.07, 6.45) is 1.28. The Hall–Kier alpha value is -2.69. The van der Waals surface area contributed by atoms with Crippen LogP contribution in [0.1, 0.15) is 27.8 Å². The van der Waals surface area contributed by atoms with E-state index in [0.717, 1.165) is 0 Å². The number of ketones is 1. The second-order valence-corrected chi connectivity index (χ2v) is 4.03. The fourth-order valence-electron chi connectivity index (χ4n) is 1.59. The number of para-hydroxylation sites is 1. The molecule has 0 aliphatic rings. The number of nitrogens with zero attached hydrogens (tertiary/aromatic N) is 1. The van der Waals surface area contributed by atoms with E-state index in [2.05, 4.69) is 9.72 Å². The van der Waals surface area contributed by atoms with E-state index in [1.807, 2.05) is 6.07 Å². The molecule has 0 spiro atoms. The SMILES string of the molecule is COC(=O)c1cnc(C(C)=O)cc1Oc1ccccc1. The van der Waals surface area contributed by atoms with E-state index in [4.69, 9.17) is 4.74 Å². The number of benzene rings is 1. The van der Waals surface area contributed by atoms with Crippen LogP contribution in [0.15, 0.2) is 42.6 Å². The first kappa shape index (κ1) is 13.7. The molecule has 20 heavy (non-hydrogen) atoms. The van der Waals surface area contributed by atoms with Crippen LogP contribution in [0, 0.1) is 0 Å². The summed E-state index contributed by atoms with van der Waals surface area (Å²) in [5, 5.41) is 0. The summed E-state index contributed by atoms with van der Waals surface area (Å²) >= 11 is 0. The molecule has 5 heteroatoms. The molecular formula is C15H13NO4. The molecule has 1 aromatic heterocycles. The molecule has 2 aromatic rings. The monoisotopic (exact) mass is 271 g/mol. The first-order valence-corrected chi connectivity index (χ1v) is 5.94. The number of pyridine rings is 1. The maximum Gasteiger partial charge on any atom is 0.343 e. The van der Waals surface area contributed by atoms with Crippen LogP contribution in [0.2, 0.25) is 0 Å². The van der Waals surface area contributed by atoms with Crippen molar-refractivity contribution in [3.63, 3.8) is 0 Å². The molecule has 1 aromatic carbocycles. The second-order valence-electron chi connectivity index (χ2n) is 4.03. The number of ether oxygens (including phenoxy) is 2. The first-order chi connectivity index (χ1) is 9.61. The zero-order valence-electron chi connectivity index (χ0n) is 11.1. The van der Waals surface area contributed by atoms with E-state index >= 15 is 0 Å². The Morgan fingerprint density at radius 2 is 1.85 bits per heavy atom. The van der Waals surface area contributed by atoms with Gasteiger partial charge in [0.25, 0.3) is 0 Å². The number of aromatic nitrogens is 1. The Morgan fingerprint density at radius 3 is 2.45 bits per heavy atom. The van der Waals surface area contributed by atoms with Gasteiger partial charge >= 0.3 is 5.97 Å². The molecule has 0 unspecified atom stereocenters. The summed E-state index contributed by atoms with van der Waals surface area (Å²) in [6, 6.07) is 10.4. The van der Waals surface area contributed by atoms with Crippen molar-refractivity contribution in [1.82, 2.24) is 4.98 Å². The molecular weight excluding hydrogens is 258 g/mol. The molecule has 0 aliphatic heterocycles. The van der Waals surface area contributed by atoms with E-state index in [9.17, 15) is 9.59 Å². The minimum atomic E-state index is -0.571. The molecule has 0 bridgehead atoms. The van der Waals surface area contributed by atoms with Gasteiger partial charge in [-0.15, -0.1) is 0 Å². The number of methoxy groups -OCH3 is 1. The van der Waals surface area contributed by atoms with Crippen molar-refractivity contribution in [3.05, 3.63) is 53.9 Å². The third-order valence-corrected chi connectivity index (χ3v) is 2.60. The Labute approximate surface area is 116 Å². The standard InChI is InChI=1S/C15H13NO4/c1-10(17)13-8-14(12(9-16-13)15(18)19-2)20-11-6-4-3-5-7-11/h3-9H,1-2H3. The zero-order valence-corrected chi connectivity index (χ0v) is 11.1. The first-order valence-electron chi connectivity index (χ1n) is 5.94. The number of esters is 1. The van der Waals surface area contributed by atoms with Gasteiger partial charge in [0.1, 0.15) is 22.8 Å². The molecule has 0 saturated carbocycles. The minimum absolute atomic E-state index is 0.168. The molecule has 0 amide bonds. The van der Waals surface area contributed by atoms with Crippen molar-refractivity contribution < 1.29 is 19.1 Å². The highest BCUT2D eigenvalue weighted by molar-refractivity contribution is 5.96. The zero-order chi connectivity index (χ0) is 14.5. The van der Waals surface area contributed by atoms with Gasteiger partial charge in [-0.3, -0.25) is 9.78 Å². The van der Waals surface area contributed by atoms with Gasteiger partial charge in [-0.25, -0.2) is 4.79 Å². The summed E-state index contributed by atoms with van der Waals surface area (Å²) in [5.74, 6) is 0.0134. The number of hydrogen-bond donors (Lipinski definition) is 0. The number of carbonyl (C=O) groups excluding carboxylic acids is 2. The molecule has 0 radical (unpaired) electrons. The van der Waals surface area contributed by atoms with Crippen LogP contribution in [0.3, 0.4) is 0 Å². The molecule has 0 fully saturated rings. The summed E-state index contributed by atoms with van der Waals surface area (Å²) in [7, 11) is 1.27. The highest BCUT2D eigenvalue weighted by Gasteiger charge is 2.16. The van der Waals surface area contributed by atoms with E-state index < -0.39 is 5.97 Å². The molecule has 2 rings (SSSR count). The molecule has 1 heterocycles. The van der Waals surface area contributed by atoms with Gasteiger partial charge in [-0.1, -0.05) is 18.2 Å². The van der Waals surface area contributed by atoms with Gasteiger partial charge in [0.05, 0.1) is 7.11 Å². The summed E-state index contributed by atoms with van der Waals surface area (Å²) in [6.45, 7) is 1.40. The van der Waals surface area contributed by atoms with E-state index in [1.54, 1.807) is 24.3 Å². The highest BCUT2D eigenvalue weighted by atomic mass is 16.5. The van der Waals surface area contributed by atoms with Gasteiger partial charge in [-0.2, -0.15) is 0 Å². The number of rotatable bonds is 4. The smallest absolute Gasteiger partial charge is 0.343 e. The predicted molar refractivity (Wildman–Crippen MR) is 72.1 cm³/mol. The number of carbonyl (C=O) groups is 2. The third-order valence-electron chi connectivity index (χ3n) is 2.60. The average molecular weight is 271 g/mol. The van der Waals surface area contributed by atoms with Gasteiger partial charge in [0.2, 0.25) is 0 Å². The van der Waals surface area contributed by atoms with Gasteiger partial charge < -0.3 is 9.47 Å². The van der Waals surface area contributed by atoms with Crippen molar-refractivity contribution in [2.75, 3.05) is 7.11 Å². The molecule has 0 N–H and O–H groups in total. The maximum atomic E-state index is 11.7. The lowest BCUT2D eigenvalue weighted by molar-refractivity contribution is 0.0597. The highest BCUT2D eigenvalue weighted by Crippen LogP contribution is 2.26. The van der Waals surface area contributed by atoms with Crippen molar-refractivity contribution >= 4 is 11.8 Å². The van der Waals surface area contributed by atoms with Crippen molar-refractivity contribution in [2.45, 2.75) is 6.92 Å². The van der Waals surface area contributed by atoms with E-state index in [1.165, 1.54) is 26.3 Å². The van der Waals surface area contributed by atoms with Crippen LogP contribution in [0.5, 0.6) is 11.5 Å². The molecule has 5 nitrogen and oxygen atoms in total. The normalized spacial score (nSPS) is 9.90. The Kier molecular flexibility index (Phi) is 4.10. The van der Waals surface area contributed by atoms with Crippen LogP contribution < -0.4 is 4.74 Å². The van der Waals surface area contributed by atoms with E-state index in [0.29, 0.717) is 5.75 Å². The molecule has 0 atom stereocenters. The largest absolute Gasteiger partial charge is 0.465 e. The number of hydrogen-bond acceptors (Lipinski definition) is 5. The topological polar surface area (TPSA) is 65.5 Å². The van der Waals surface area contributed by atoms with Crippen molar-refractivity contribution in [2.24, 2.45) is 0 Å². The molecule has 0 aliphatic carbocycles. The van der Waals surface area contributed by atoms with Crippen molar-refractivity contribution in [3.8, 4) is 11.5 Å². The summed E-state index contributed by atoms with van der Waals surface area (Å²) in [4.78, 5) is 27.0. The Morgan fingerprint density at radius 1 is 1.15 bits per heavy atom. The van der Waals surface area contributed by atoms with Crippen LogP contribution in [-0.2, 0) is 4.74 Å². The van der Waals surface area contributed by atoms with Crippen molar-refractivity contribution in [1.29, 1.82) is 0 Å². The fourth-order valence-corrected chi connectivity index (χ4v) is 1.59. The fraction of sp³-hybridized carbons (Fsp3) is 0.133. The van der Waals surface area contributed by atoms with Gasteiger partial charge in [-0.05, 0) is 12.1 Å². The van der Waals surface area contributed by atoms with Gasteiger partial charge in [0.15, 0.2) is 5.78 Å². The quantitative estimate of drug-likeness (QED) is 0.632. The lowest BCUT2D eigenvalue weighted by atomic mass is 10.2. The minimum Gasteiger partial charge on any atom is -0.465 e. The van der Waals surface area contributed by atoms with Crippen LogP contribution in [-0.4, -0.2) is 23.8 Å². The van der Waals surface area contributed by atoms with Gasteiger partial charge in [0, 0.05) is 19.2 Å². The third kappa shape index (κ3) is 3.00. The summed E-state index contributed by atoms with van der Waals surface area (Å²) < 4.78 is 10.3. The molecule has 0 saturated heterocycles. The second kappa shape index (κ2) is 5.97. The lowest BCUT2D eigenvalue weighted by Gasteiger charge is -2.10. The van der Waals surface area contributed by atoms with Crippen LogP contribution in [0.4, 0.5) is 0 Å². The number of Topliss-reactive ketones (excluding diaryl/α,β-unsaturated/α-hetero) is 1. The maximum absolute atomic E-state index is 11.7. The average Bonchev–Trinajstić information content (AvgIpc) is 2.47. The lowest BCUT2D eigenvalue weighted by Crippen LogP contribution is -2.07. The Balaban J connectivity index is 2.44. The van der Waals surface area contributed by atoms with E-state index in [-0.39, 0.29) is 22.8 Å². The van der Waals surface area contributed by atoms with Crippen LogP contribution in [0.25, 0.3) is 0 Å².